The van der Waals surface area contributed by atoms with E-state index in [1.807, 2.05) is 38.1 Å². The number of amides is 2. The first kappa shape index (κ1) is 30.5. The minimum atomic E-state index is -3.79. The van der Waals surface area contributed by atoms with E-state index in [2.05, 4.69) is 10.6 Å². The smallest absolute Gasteiger partial charge is 0.253 e. The number of aryl methyl sites for hydroxylation is 2. The summed E-state index contributed by atoms with van der Waals surface area (Å²) in [7, 11) is -0.662. The van der Waals surface area contributed by atoms with Gasteiger partial charge in [0, 0.05) is 6.54 Å². The van der Waals surface area contributed by atoms with Crippen molar-refractivity contribution in [3.63, 3.8) is 0 Å². The summed E-state index contributed by atoms with van der Waals surface area (Å²) in [5.41, 5.74) is 3.86. The van der Waals surface area contributed by atoms with Crippen LogP contribution >= 0.6 is 0 Å². The topological polar surface area (TPSA) is 114 Å². The molecule has 10 heteroatoms. The summed E-state index contributed by atoms with van der Waals surface area (Å²) >= 11 is 0. The number of carbonyl (C=O) groups is 2. The lowest BCUT2D eigenvalue weighted by Crippen LogP contribution is -2.47. The molecule has 0 aliphatic heterocycles. The molecule has 9 nitrogen and oxygen atoms in total. The van der Waals surface area contributed by atoms with Crippen molar-refractivity contribution in [3.8, 4) is 11.5 Å². The number of rotatable bonds is 12. The number of hydrogen-bond acceptors (Lipinski definition) is 6. The number of methoxy groups -OCH3 is 2. The van der Waals surface area contributed by atoms with Crippen molar-refractivity contribution in [1.82, 2.24) is 5.32 Å². The number of para-hydroxylation sites is 1. The van der Waals surface area contributed by atoms with Gasteiger partial charge in [-0.1, -0.05) is 31.2 Å². The van der Waals surface area contributed by atoms with Crippen molar-refractivity contribution in [2.45, 2.75) is 39.7 Å². The molecule has 0 saturated carbocycles. The fourth-order valence-electron chi connectivity index (χ4n) is 4.38. The van der Waals surface area contributed by atoms with Gasteiger partial charge in [-0.15, -0.1) is 0 Å². The van der Waals surface area contributed by atoms with Gasteiger partial charge in [-0.3, -0.25) is 13.9 Å². The van der Waals surface area contributed by atoms with Crippen LogP contribution in [0.1, 0.15) is 40.4 Å². The Hall–Kier alpha value is -4.05. The number of ether oxygens (including phenoxy) is 2. The average Bonchev–Trinajstić information content (AvgIpc) is 2.92. The van der Waals surface area contributed by atoms with Crippen LogP contribution in [0.4, 0.5) is 11.4 Å². The Bertz CT molecular complexity index is 1470. The summed E-state index contributed by atoms with van der Waals surface area (Å²) in [4.78, 5) is 26.5. The number of nitrogens with zero attached hydrogens (tertiary/aromatic N) is 1. The van der Waals surface area contributed by atoms with E-state index in [0.29, 0.717) is 35.8 Å². The maximum Gasteiger partial charge on any atom is 0.253 e. The molecule has 0 saturated heterocycles. The molecule has 0 fully saturated rings. The Morgan fingerprint density at radius 3 is 2.25 bits per heavy atom. The van der Waals surface area contributed by atoms with Crippen molar-refractivity contribution < 1.29 is 27.5 Å². The van der Waals surface area contributed by atoms with Crippen LogP contribution in [0.25, 0.3) is 0 Å². The van der Waals surface area contributed by atoms with Crippen LogP contribution in [0.2, 0.25) is 0 Å². The third-order valence-corrected chi connectivity index (χ3v) is 7.83. The first-order valence-corrected chi connectivity index (χ1v) is 14.8. The Labute approximate surface area is 236 Å². The second-order valence-electron chi connectivity index (χ2n) is 9.48. The van der Waals surface area contributed by atoms with Gasteiger partial charge >= 0.3 is 0 Å². The molecule has 0 unspecified atom stereocenters. The monoisotopic (exact) mass is 567 g/mol. The molecule has 1 atom stereocenters. The van der Waals surface area contributed by atoms with Crippen molar-refractivity contribution in [2.24, 2.45) is 0 Å². The highest BCUT2D eigenvalue weighted by Crippen LogP contribution is 2.28. The van der Waals surface area contributed by atoms with Gasteiger partial charge in [0.15, 0.2) is 11.5 Å². The van der Waals surface area contributed by atoms with Crippen LogP contribution in [0.15, 0.2) is 60.7 Å². The fraction of sp³-hybridized carbons (Fsp3) is 0.333. The SMILES string of the molecule is CC[C@H](C(=O)Nc1ccccc1C(=O)NCCc1ccc(OC)c(OC)c1)N(c1ccc(C)c(C)c1)S(C)(=O)=O. The molecular formula is C30H37N3O6S. The summed E-state index contributed by atoms with van der Waals surface area (Å²) in [6, 6.07) is 16.5. The molecule has 0 radical (unpaired) electrons. The van der Waals surface area contributed by atoms with Crippen LogP contribution in [0, 0.1) is 13.8 Å². The van der Waals surface area contributed by atoms with E-state index < -0.39 is 22.0 Å². The van der Waals surface area contributed by atoms with Crippen LogP contribution < -0.4 is 24.4 Å². The predicted octanol–water partition coefficient (Wildman–Crippen LogP) is 4.48. The number of anilines is 2. The Balaban J connectivity index is 1.77. The predicted molar refractivity (Wildman–Crippen MR) is 158 cm³/mol. The lowest BCUT2D eigenvalue weighted by Gasteiger charge is -2.30. The van der Waals surface area contributed by atoms with Gasteiger partial charge in [0.25, 0.3) is 5.91 Å². The van der Waals surface area contributed by atoms with Gasteiger partial charge in [0.1, 0.15) is 6.04 Å². The summed E-state index contributed by atoms with van der Waals surface area (Å²) < 4.78 is 37.4. The largest absolute Gasteiger partial charge is 0.493 e. The molecule has 3 aromatic rings. The van der Waals surface area contributed by atoms with Gasteiger partial charge in [-0.05, 0) is 79.8 Å². The Kier molecular flexibility index (Phi) is 10.2. The third-order valence-electron chi connectivity index (χ3n) is 6.65. The number of sulfonamides is 1. The molecule has 0 aromatic heterocycles. The van der Waals surface area contributed by atoms with Gasteiger partial charge in [-0.2, -0.15) is 0 Å². The van der Waals surface area contributed by atoms with Gasteiger partial charge < -0.3 is 20.1 Å². The lowest BCUT2D eigenvalue weighted by molar-refractivity contribution is -0.117. The minimum absolute atomic E-state index is 0.228. The zero-order chi connectivity index (χ0) is 29.4. The summed E-state index contributed by atoms with van der Waals surface area (Å²) in [5.74, 6) is 0.335. The Morgan fingerprint density at radius 2 is 1.62 bits per heavy atom. The maximum absolute atomic E-state index is 13.5. The first-order chi connectivity index (χ1) is 19.0. The van der Waals surface area contributed by atoms with E-state index >= 15 is 0 Å². The fourth-order valence-corrected chi connectivity index (χ4v) is 5.58. The molecule has 3 rings (SSSR count). The molecule has 0 aliphatic rings. The van der Waals surface area contributed by atoms with E-state index in [1.165, 1.54) is 0 Å². The van der Waals surface area contributed by atoms with Gasteiger partial charge in [-0.25, -0.2) is 8.42 Å². The Morgan fingerprint density at radius 1 is 0.925 bits per heavy atom. The van der Waals surface area contributed by atoms with Gasteiger partial charge in [0.2, 0.25) is 15.9 Å². The van der Waals surface area contributed by atoms with E-state index in [4.69, 9.17) is 9.47 Å². The minimum Gasteiger partial charge on any atom is -0.493 e. The summed E-state index contributed by atoms with van der Waals surface area (Å²) in [6.45, 7) is 5.92. The molecule has 3 aromatic carbocycles. The van der Waals surface area contributed by atoms with Crippen molar-refractivity contribution in [1.29, 1.82) is 0 Å². The molecule has 0 bridgehead atoms. The normalized spacial score (nSPS) is 11.8. The van der Waals surface area contributed by atoms with Crippen molar-refractivity contribution in [2.75, 3.05) is 36.6 Å². The van der Waals surface area contributed by atoms with E-state index in [0.717, 1.165) is 27.3 Å². The zero-order valence-electron chi connectivity index (χ0n) is 23.8. The van der Waals surface area contributed by atoms with Crippen LogP contribution in [0.5, 0.6) is 11.5 Å². The van der Waals surface area contributed by atoms with Crippen LogP contribution in [-0.4, -0.2) is 53.3 Å². The second kappa shape index (κ2) is 13.3. The molecule has 0 aliphatic carbocycles. The third kappa shape index (κ3) is 7.32. The number of nitrogens with one attached hydrogen (secondary N) is 2. The maximum atomic E-state index is 13.5. The molecule has 214 valence electrons. The van der Waals surface area contributed by atoms with Gasteiger partial charge in [0.05, 0.1) is 37.4 Å². The van der Waals surface area contributed by atoms with Crippen molar-refractivity contribution in [3.05, 3.63) is 82.9 Å². The van der Waals surface area contributed by atoms with Crippen LogP contribution in [0.3, 0.4) is 0 Å². The van der Waals surface area contributed by atoms with E-state index in [1.54, 1.807) is 57.5 Å². The lowest BCUT2D eigenvalue weighted by atomic mass is 10.1. The van der Waals surface area contributed by atoms with E-state index in [-0.39, 0.29) is 17.9 Å². The van der Waals surface area contributed by atoms with Crippen LogP contribution in [-0.2, 0) is 21.2 Å². The standard InChI is InChI=1S/C30H37N3O6S/c1-7-26(33(40(6,36)37)23-14-12-20(2)21(3)18-23)30(35)32-25-11-9-8-10-24(25)29(34)31-17-16-22-13-15-27(38-4)28(19-22)39-5/h8-15,18-19,26H,7,16-17H2,1-6H3,(H,31,34)(H,32,35)/t26-/m1/s1. The molecule has 2 N–H and O–H groups in total. The first-order valence-electron chi connectivity index (χ1n) is 13.0. The highest BCUT2D eigenvalue weighted by Gasteiger charge is 2.32. The van der Waals surface area contributed by atoms with E-state index in [9.17, 15) is 18.0 Å². The number of carbonyl (C=O) groups excluding carboxylic acids is 2. The highest BCUT2D eigenvalue weighted by molar-refractivity contribution is 7.92. The quantitative estimate of drug-likeness (QED) is 0.334. The number of benzene rings is 3. The van der Waals surface area contributed by atoms with Crippen molar-refractivity contribution >= 4 is 33.2 Å². The second-order valence-corrected chi connectivity index (χ2v) is 11.3. The highest BCUT2D eigenvalue weighted by atomic mass is 32.2. The zero-order valence-corrected chi connectivity index (χ0v) is 24.6. The average molecular weight is 568 g/mol. The molecular weight excluding hydrogens is 530 g/mol. The molecule has 0 spiro atoms. The summed E-state index contributed by atoms with van der Waals surface area (Å²) in [6.07, 6.45) is 1.86. The molecule has 0 heterocycles. The summed E-state index contributed by atoms with van der Waals surface area (Å²) in [5, 5.41) is 5.68. The number of hydrogen-bond donors (Lipinski definition) is 2. The molecule has 40 heavy (non-hydrogen) atoms. The molecule has 2 amide bonds.